The molecule has 0 radical (unpaired) electrons. The molecule has 0 fully saturated rings. The number of carbonyl (C=O) groups excluding carboxylic acids is 2. The molecule has 4 heteroatoms. The van der Waals surface area contributed by atoms with Crippen molar-refractivity contribution in [2.75, 3.05) is 11.9 Å². The lowest BCUT2D eigenvalue weighted by Gasteiger charge is -2.06. The Morgan fingerprint density at radius 2 is 2.29 bits per heavy atom. The van der Waals surface area contributed by atoms with Gasteiger partial charge in [0.1, 0.15) is 0 Å². The van der Waals surface area contributed by atoms with Crippen LogP contribution in [0.25, 0.3) is 0 Å². The van der Waals surface area contributed by atoms with Crippen LogP contribution in [0, 0.1) is 0 Å². The molecule has 0 saturated carbocycles. The van der Waals surface area contributed by atoms with Gasteiger partial charge in [-0.2, -0.15) is 0 Å². The van der Waals surface area contributed by atoms with Crippen LogP contribution in [0.1, 0.15) is 25.3 Å². The van der Waals surface area contributed by atoms with Crippen molar-refractivity contribution in [2.45, 2.75) is 26.2 Å². The quantitative estimate of drug-likeness (QED) is 0.582. The first kappa shape index (κ1) is 13.2. The Morgan fingerprint density at radius 1 is 1.47 bits per heavy atom. The summed E-state index contributed by atoms with van der Waals surface area (Å²) in [6.45, 7) is 2.76. The van der Waals surface area contributed by atoms with Gasteiger partial charge >= 0.3 is 0 Å². The maximum absolute atomic E-state index is 11.4. The molecule has 0 aromatic heterocycles. The number of ether oxygens (including phenoxy) is 1. The zero-order valence-corrected chi connectivity index (χ0v) is 9.94. The fourth-order valence-corrected chi connectivity index (χ4v) is 1.48. The third kappa shape index (κ3) is 5.15. The predicted molar refractivity (Wildman–Crippen MR) is 65.7 cm³/mol. The second-order valence-corrected chi connectivity index (χ2v) is 3.72. The molecule has 0 bridgehead atoms. The summed E-state index contributed by atoms with van der Waals surface area (Å²) in [4.78, 5) is 21.4. The minimum absolute atomic E-state index is 0.0220. The average Bonchev–Trinajstić information content (AvgIpc) is 2.30. The van der Waals surface area contributed by atoms with Crippen molar-refractivity contribution < 1.29 is 14.3 Å². The number of carbonyl (C=O) groups is 2. The Balaban J connectivity index is 2.53. The molecule has 0 atom stereocenters. The van der Waals surface area contributed by atoms with Gasteiger partial charge < -0.3 is 10.1 Å². The number of hydrogen-bond acceptors (Lipinski definition) is 3. The Morgan fingerprint density at radius 3 is 3.00 bits per heavy atom. The van der Waals surface area contributed by atoms with Crippen molar-refractivity contribution in [1.29, 1.82) is 0 Å². The van der Waals surface area contributed by atoms with Crippen molar-refractivity contribution in [3.05, 3.63) is 29.8 Å². The van der Waals surface area contributed by atoms with Gasteiger partial charge in [0.25, 0.3) is 6.47 Å². The van der Waals surface area contributed by atoms with Gasteiger partial charge in [0.2, 0.25) is 5.91 Å². The standard InChI is InChI=1S/C13H17NO3/c1-2-4-13(16)14-12-6-3-5-11(9-12)7-8-17-10-15/h3,5-6,9-10H,2,4,7-8H2,1H3,(H,14,16). The maximum Gasteiger partial charge on any atom is 0.293 e. The largest absolute Gasteiger partial charge is 0.468 e. The number of rotatable bonds is 7. The normalized spacial score (nSPS) is 9.71. The van der Waals surface area contributed by atoms with Gasteiger partial charge in [0.15, 0.2) is 0 Å². The first-order valence-electron chi connectivity index (χ1n) is 5.70. The van der Waals surface area contributed by atoms with E-state index in [4.69, 9.17) is 0 Å². The molecule has 0 aliphatic carbocycles. The van der Waals surface area contributed by atoms with Crippen molar-refractivity contribution in [2.24, 2.45) is 0 Å². The molecular weight excluding hydrogens is 218 g/mol. The van der Waals surface area contributed by atoms with Crippen LogP contribution >= 0.6 is 0 Å². The Hall–Kier alpha value is -1.84. The van der Waals surface area contributed by atoms with Gasteiger partial charge in [-0.05, 0) is 24.1 Å². The minimum atomic E-state index is 0.0220. The number of hydrogen-bond donors (Lipinski definition) is 1. The molecule has 0 spiro atoms. The predicted octanol–water partition coefficient (Wildman–Crippen LogP) is 2.14. The molecule has 1 N–H and O–H groups in total. The summed E-state index contributed by atoms with van der Waals surface area (Å²) in [6.07, 6.45) is 2.01. The van der Waals surface area contributed by atoms with Crippen molar-refractivity contribution in [1.82, 2.24) is 0 Å². The highest BCUT2D eigenvalue weighted by Gasteiger charge is 2.01. The fourth-order valence-electron chi connectivity index (χ4n) is 1.48. The molecule has 1 amide bonds. The van der Waals surface area contributed by atoms with Crippen LogP contribution in [0.15, 0.2) is 24.3 Å². The molecule has 0 saturated heterocycles. The van der Waals surface area contributed by atoms with E-state index in [0.29, 0.717) is 25.9 Å². The molecular formula is C13H17NO3. The van der Waals surface area contributed by atoms with Crippen LogP contribution in [0.2, 0.25) is 0 Å². The van der Waals surface area contributed by atoms with E-state index in [9.17, 15) is 9.59 Å². The van der Waals surface area contributed by atoms with Crippen LogP contribution in [0.4, 0.5) is 5.69 Å². The summed E-state index contributed by atoms with van der Waals surface area (Å²) >= 11 is 0. The topological polar surface area (TPSA) is 55.4 Å². The SMILES string of the molecule is CCCC(=O)Nc1cccc(CCOC=O)c1. The van der Waals surface area contributed by atoms with Gasteiger partial charge in [0, 0.05) is 18.5 Å². The second kappa shape index (κ2) is 7.44. The number of anilines is 1. The second-order valence-electron chi connectivity index (χ2n) is 3.72. The molecule has 92 valence electrons. The molecule has 1 aromatic carbocycles. The lowest BCUT2D eigenvalue weighted by molar-refractivity contribution is -0.128. The molecule has 0 aliphatic rings. The first-order chi connectivity index (χ1) is 8.26. The summed E-state index contributed by atoms with van der Waals surface area (Å²) in [5.41, 5.74) is 1.81. The van der Waals surface area contributed by atoms with E-state index in [0.717, 1.165) is 17.7 Å². The summed E-state index contributed by atoms with van der Waals surface area (Å²) in [5.74, 6) is 0.0220. The highest BCUT2D eigenvalue weighted by molar-refractivity contribution is 5.90. The Labute approximate surface area is 101 Å². The summed E-state index contributed by atoms with van der Waals surface area (Å²) in [7, 11) is 0. The Bertz CT molecular complexity index is 377. The average molecular weight is 235 g/mol. The number of amides is 1. The van der Waals surface area contributed by atoms with Crippen LogP contribution in [-0.4, -0.2) is 19.0 Å². The van der Waals surface area contributed by atoms with Gasteiger partial charge in [-0.25, -0.2) is 0 Å². The number of benzene rings is 1. The first-order valence-corrected chi connectivity index (χ1v) is 5.70. The van der Waals surface area contributed by atoms with Crippen molar-refractivity contribution >= 4 is 18.1 Å². The molecule has 1 aromatic rings. The lowest BCUT2D eigenvalue weighted by Crippen LogP contribution is -2.10. The van der Waals surface area contributed by atoms with Crippen LogP contribution < -0.4 is 5.32 Å². The molecule has 0 aliphatic heterocycles. The van der Waals surface area contributed by atoms with E-state index in [1.54, 1.807) is 0 Å². The van der Waals surface area contributed by atoms with Gasteiger partial charge in [-0.1, -0.05) is 19.1 Å². The monoisotopic (exact) mass is 235 g/mol. The number of nitrogens with one attached hydrogen (secondary N) is 1. The highest BCUT2D eigenvalue weighted by atomic mass is 16.5. The van der Waals surface area contributed by atoms with Crippen molar-refractivity contribution in [3.63, 3.8) is 0 Å². The van der Waals surface area contributed by atoms with E-state index < -0.39 is 0 Å². The van der Waals surface area contributed by atoms with Crippen LogP contribution in [0.3, 0.4) is 0 Å². The van der Waals surface area contributed by atoms with E-state index in [2.05, 4.69) is 10.1 Å². The third-order valence-electron chi connectivity index (χ3n) is 2.26. The van der Waals surface area contributed by atoms with E-state index in [1.807, 2.05) is 31.2 Å². The van der Waals surface area contributed by atoms with Gasteiger partial charge in [-0.15, -0.1) is 0 Å². The van der Waals surface area contributed by atoms with Crippen molar-refractivity contribution in [3.8, 4) is 0 Å². The van der Waals surface area contributed by atoms with E-state index in [1.165, 1.54) is 0 Å². The fraction of sp³-hybridized carbons (Fsp3) is 0.385. The molecule has 17 heavy (non-hydrogen) atoms. The highest BCUT2D eigenvalue weighted by Crippen LogP contribution is 2.11. The van der Waals surface area contributed by atoms with Crippen LogP contribution in [0.5, 0.6) is 0 Å². The van der Waals surface area contributed by atoms with E-state index >= 15 is 0 Å². The molecule has 0 unspecified atom stereocenters. The zero-order valence-electron chi connectivity index (χ0n) is 9.94. The Kier molecular flexibility index (Phi) is 5.79. The summed E-state index contributed by atoms with van der Waals surface area (Å²) < 4.78 is 4.63. The van der Waals surface area contributed by atoms with E-state index in [-0.39, 0.29) is 5.91 Å². The molecule has 4 nitrogen and oxygen atoms in total. The smallest absolute Gasteiger partial charge is 0.293 e. The zero-order chi connectivity index (χ0) is 12.5. The molecule has 0 heterocycles. The van der Waals surface area contributed by atoms with Crippen LogP contribution in [-0.2, 0) is 20.7 Å². The summed E-state index contributed by atoms with van der Waals surface area (Å²) in [6, 6.07) is 7.54. The molecule has 1 rings (SSSR count). The summed E-state index contributed by atoms with van der Waals surface area (Å²) in [5, 5.41) is 2.82. The van der Waals surface area contributed by atoms with Gasteiger partial charge in [0.05, 0.1) is 6.61 Å². The lowest BCUT2D eigenvalue weighted by atomic mass is 10.1. The van der Waals surface area contributed by atoms with Gasteiger partial charge in [-0.3, -0.25) is 9.59 Å². The minimum Gasteiger partial charge on any atom is -0.468 e. The maximum atomic E-state index is 11.4. The third-order valence-corrected chi connectivity index (χ3v) is 2.26.